The summed E-state index contributed by atoms with van der Waals surface area (Å²) in [7, 11) is -1.89. The van der Waals surface area contributed by atoms with Gasteiger partial charge in [-0.2, -0.15) is 0 Å². The van der Waals surface area contributed by atoms with Crippen molar-refractivity contribution in [1.29, 1.82) is 0 Å². The van der Waals surface area contributed by atoms with Crippen LogP contribution >= 0.6 is 0 Å². The number of methoxy groups -OCH3 is 1. The van der Waals surface area contributed by atoms with Gasteiger partial charge in [-0.15, -0.1) is 0 Å². The van der Waals surface area contributed by atoms with Crippen molar-refractivity contribution < 1.29 is 23.1 Å². The van der Waals surface area contributed by atoms with Crippen LogP contribution in [0.2, 0.25) is 0 Å². The highest BCUT2D eigenvalue weighted by Crippen LogP contribution is 2.49. The summed E-state index contributed by atoms with van der Waals surface area (Å²) in [6.45, 7) is 2.54. The molecule has 0 radical (unpaired) electrons. The zero-order valence-corrected chi connectivity index (χ0v) is 12.9. The Bertz CT molecular complexity index is 477. The van der Waals surface area contributed by atoms with Gasteiger partial charge in [0.15, 0.2) is 0 Å². The van der Waals surface area contributed by atoms with E-state index in [0.717, 1.165) is 12.8 Å². The number of carboxylic acids is 1. The fraction of sp³-hybridized carbons (Fsp3) is 0.923. The van der Waals surface area contributed by atoms with Crippen LogP contribution in [0.15, 0.2) is 0 Å². The van der Waals surface area contributed by atoms with Crippen LogP contribution in [0, 0.1) is 11.3 Å². The van der Waals surface area contributed by atoms with E-state index in [-0.39, 0.29) is 12.5 Å². The van der Waals surface area contributed by atoms with E-state index in [1.54, 1.807) is 14.0 Å². The molecule has 0 spiro atoms. The minimum Gasteiger partial charge on any atom is -0.481 e. The van der Waals surface area contributed by atoms with E-state index in [1.165, 1.54) is 4.31 Å². The number of nitrogens with zero attached hydrogens (tertiary/aromatic N) is 1. The zero-order chi connectivity index (χ0) is 15.0. The lowest BCUT2D eigenvalue weighted by molar-refractivity contribution is -0.149. The summed E-state index contributed by atoms with van der Waals surface area (Å²) in [5, 5.41) is 8.96. The first-order valence-corrected chi connectivity index (χ1v) is 8.56. The predicted molar refractivity (Wildman–Crippen MR) is 73.9 cm³/mol. The molecule has 6 nitrogen and oxygen atoms in total. The maximum Gasteiger partial charge on any atom is 0.311 e. The van der Waals surface area contributed by atoms with Crippen LogP contribution in [0.25, 0.3) is 0 Å². The van der Waals surface area contributed by atoms with Crippen molar-refractivity contribution >= 4 is 16.0 Å². The molecule has 1 unspecified atom stereocenters. The Kier molecular flexibility index (Phi) is 4.41. The molecule has 2 aliphatic rings. The maximum atomic E-state index is 12.5. The van der Waals surface area contributed by atoms with Crippen LogP contribution in [0.5, 0.6) is 0 Å². The summed E-state index contributed by atoms with van der Waals surface area (Å²) in [5.41, 5.74) is -0.853. The molecule has 7 heteroatoms. The molecule has 2 fully saturated rings. The molecule has 3 atom stereocenters. The largest absolute Gasteiger partial charge is 0.481 e. The van der Waals surface area contributed by atoms with Gasteiger partial charge in [-0.3, -0.25) is 4.79 Å². The van der Waals surface area contributed by atoms with Gasteiger partial charge in [-0.25, -0.2) is 12.7 Å². The van der Waals surface area contributed by atoms with Gasteiger partial charge in [0.05, 0.1) is 10.7 Å². The highest BCUT2D eigenvalue weighted by atomic mass is 32.2. The maximum absolute atomic E-state index is 12.5. The molecule has 0 aromatic rings. The summed E-state index contributed by atoms with van der Waals surface area (Å²) in [6, 6.07) is 0. The molecule has 2 rings (SSSR count). The van der Waals surface area contributed by atoms with E-state index in [2.05, 4.69) is 0 Å². The lowest BCUT2D eigenvalue weighted by atomic mass is 9.81. The van der Waals surface area contributed by atoms with Gasteiger partial charge in [0.2, 0.25) is 10.0 Å². The molecule has 1 aliphatic heterocycles. The standard InChI is InChI=1S/C13H23NO5S/c1-10(5-7-19-2)20(17,18)14-8-11-4-3-6-13(11,9-14)12(15)16/h10-11H,3-9H2,1-2H3,(H,15,16)/t10?,11-,13+/m0/s1. The normalized spacial score (nSPS) is 32.2. The van der Waals surface area contributed by atoms with Gasteiger partial charge in [0.25, 0.3) is 0 Å². The highest BCUT2D eigenvalue weighted by Gasteiger charge is 2.57. The van der Waals surface area contributed by atoms with Crippen LogP contribution in [-0.2, 0) is 19.6 Å². The van der Waals surface area contributed by atoms with Crippen molar-refractivity contribution in [1.82, 2.24) is 4.31 Å². The molecule has 1 heterocycles. The Labute approximate surface area is 120 Å². The lowest BCUT2D eigenvalue weighted by Crippen LogP contribution is -2.40. The van der Waals surface area contributed by atoms with Crippen LogP contribution in [0.3, 0.4) is 0 Å². The summed E-state index contributed by atoms with van der Waals surface area (Å²) in [4.78, 5) is 11.6. The number of ether oxygens (including phenoxy) is 1. The molecule has 1 saturated heterocycles. The van der Waals surface area contributed by atoms with Crippen molar-refractivity contribution in [2.45, 2.75) is 37.9 Å². The van der Waals surface area contributed by atoms with Crippen LogP contribution < -0.4 is 0 Å². The third-order valence-electron chi connectivity index (χ3n) is 4.86. The number of sulfonamides is 1. The second-order valence-electron chi connectivity index (χ2n) is 5.98. The SMILES string of the molecule is COCCC(C)S(=O)(=O)N1C[C@@H]2CCC[C@@]2(C(=O)O)C1. The highest BCUT2D eigenvalue weighted by molar-refractivity contribution is 7.89. The van der Waals surface area contributed by atoms with Crippen LogP contribution in [-0.4, -0.2) is 55.9 Å². The van der Waals surface area contributed by atoms with Crippen molar-refractivity contribution in [2.24, 2.45) is 11.3 Å². The Morgan fingerprint density at radius 1 is 1.55 bits per heavy atom. The van der Waals surface area contributed by atoms with Crippen molar-refractivity contribution in [3.05, 3.63) is 0 Å². The first kappa shape index (κ1) is 15.7. The van der Waals surface area contributed by atoms with E-state index in [0.29, 0.717) is 26.0 Å². The van der Waals surface area contributed by atoms with Gasteiger partial charge >= 0.3 is 5.97 Å². The van der Waals surface area contributed by atoms with Gasteiger partial charge in [0, 0.05) is 26.8 Å². The van der Waals surface area contributed by atoms with E-state index in [1.807, 2.05) is 0 Å². The molecule has 1 aliphatic carbocycles. The molecule has 0 bridgehead atoms. The molecule has 1 saturated carbocycles. The van der Waals surface area contributed by atoms with E-state index >= 15 is 0 Å². The Morgan fingerprint density at radius 2 is 2.25 bits per heavy atom. The number of fused-ring (bicyclic) bond motifs is 1. The summed E-state index contributed by atoms with van der Waals surface area (Å²) < 4.78 is 31.3. The number of carboxylic acid groups (broad SMARTS) is 1. The molecule has 20 heavy (non-hydrogen) atoms. The smallest absolute Gasteiger partial charge is 0.311 e. The Balaban J connectivity index is 2.14. The number of hydrogen-bond donors (Lipinski definition) is 1. The molecule has 0 aromatic heterocycles. The van der Waals surface area contributed by atoms with E-state index in [4.69, 9.17) is 4.74 Å². The average molecular weight is 305 g/mol. The molecule has 116 valence electrons. The second-order valence-corrected chi connectivity index (χ2v) is 8.33. The van der Waals surface area contributed by atoms with Crippen molar-refractivity contribution in [3.8, 4) is 0 Å². The second kappa shape index (κ2) is 5.61. The van der Waals surface area contributed by atoms with Crippen LogP contribution in [0.1, 0.15) is 32.6 Å². The number of carbonyl (C=O) groups is 1. The minimum atomic E-state index is -3.43. The summed E-state index contributed by atoms with van der Waals surface area (Å²) >= 11 is 0. The third kappa shape index (κ3) is 2.46. The molecule has 1 N–H and O–H groups in total. The van der Waals surface area contributed by atoms with Gasteiger partial charge in [0.1, 0.15) is 0 Å². The Hall–Kier alpha value is -0.660. The fourth-order valence-electron chi connectivity index (χ4n) is 3.47. The predicted octanol–water partition coefficient (Wildman–Crippen LogP) is 0.928. The molecule has 0 aromatic carbocycles. The fourth-order valence-corrected chi connectivity index (χ4v) is 5.17. The first-order chi connectivity index (χ1) is 9.34. The van der Waals surface area contributed by atoms with Gasteiger partial charge in [-0.05, 0) is 32.1 Å². The average Bonchev–Trinajstić information content (AvgIpc) is 2.93. The van der Waals surface area contributed by atoms with E-state index in [9.17, 15) is 18.3 Å². The monoisotopic (exact) mass is 305 g/mol. The lowest BCUT2D eigenvalue weighted by Gasteiger charge is -2.25. The van der Waals surface area contributed by atoms with Crippen molar-refractivity contribution in [3.63, 3.8) is 0 Å². The summed E-state index contributed by atoms with van der Waals surface area (Å²) in [6.07, 6.45) is 2.71. The topological polar surface area (TPSA) is 83.9 Å². The third-order valence-corrected chi connectivity index (χ3v) is 7.11. The zero-order valence-electron chi connectivity index (χ0n) is 12.0. The molecule has 0 amide bonds. The van der Waals surface area contributed by atoms with Gasteiger partial charge in [-0.1, -0.05) is 6.42 Å². The quantitative estimate of drug-likeness (QED) is 0.789. The van der Waals surface area contributed by atoms with Crippen LogP contribution in [0.4, 0.5) is 0 Å². The van der Waals surface area contributed by atoms with E-state index < -0.39 is 26.7 Å². The number of aliphatic carboxylic acids is 1. The summed E-state index contributed by atoms with van der Waals surface area (Å²) in [5.74, 6) is -0.883. The first-order valence-electron chi connectivity index (χ1n) is 7.06. The Morgan fingerprint density at radius 3 is 2.80 bits per heavy atom. The molecular formula is C13H23NO5S. The molecular weight excluding hydrogens is 282 g/mol. The van der Waals surface area contributed by atoms with Crippen molar-refractivity contribution in [2.75, 3.05) is 26.8 Å². The van der Waals surface area contributed by atoms with Gasteiger partial charge < -0.3 is 9.84 Å². The number of hydrogen-bond acceptors (Lipinski definition) is 4. The minimum absolute atomic E-state index is 0.0376. The number of rotatable bonds is 6.